The first-order valence-electron chi connectivity index (χ1n) is 12.9. The number of ether oxygens (including phenoxy) is 2. The van der Waals surface area contributed by atoms with Crippen molar-refractivity contribution in [3.8, 4) is 11.6 Å². The lowest BCUT2D eigenvalue weighted by atomic mass is 9.81. The number of fused-ring (bicyclic) bond motifs is 1. The number of aromatic nitrogens is 3. The Morgan fingerprint density at radius 3 is 2.55 bits per heavy atom. The van der Waals surface area contributed by atoms with Gasteiger partial charge in [0.1, 0.15) is 11.5 Å². The molecule has 38 heavy (non-hydrogen) atoms. The quantitative estimate of drug-likeness (QED) is 0.486. The van der Waals surface area contributed by atoms with Crippen LogP contribution in [0.2, 0.25) is 0 Å². The maximum Gasteiger partial charge on any atom is 0.422 e. The standard InChI is InChI=1S/C26H33F4N5O3/c1-18-31-14-21(15-32-18)37-16-23(36)33-20-4-8-25(27,9-5-20)10-13-35-11-6-19-2-3-24(34-22(19)7-12-35)38-17-26(28,29)30/h2-3,14-15,20H,4-13,16-17H2,1H3,(H,33,36). The Hall–Kier alpha value is -3.02. The summed E-state index contributed by atoms with van der Waals surface area (Å²) in [7, 11) is 0. The number of hydrogen-bond donors (Lipinski definition) is 1. The molecule has 1 N–H and O–H groups in total. The lowest BCUT2D eigenvalue weighted by molar-refractivity contribution is -0.154. The number of carbonyl (C=O) groups excluding carboxylic acids is 1. The van der Waals surface area contributed by atoms with E-state index >= 15 is 4.39 Å². The number of halogens is 4. The van der Waals surface area contributed by atoms with Gasteiger partial charge in [-0.1, -0.05) is 6.07 Å². The van der Waals surface area contributed by atoms with E-state index in [2.05, 4.69) is 25.2 Å². The van der Waals surface area contributed by atoms with Crippen LogP contribution in [0.25, 0.3) is 0 Å². The zero-order chi connectivity index (χ0) is 27.2. The molecule has 8 nitrogen and oxygen atoms in total. The molecular formula is C26H33F4N5O3. The van der Waals surface area contributed by atoms with Crippen molar-refractivity contribution in [3.05, 3.63) is 41.6 Å². The second-order valence-electron chi connectivity index (χ2n) is 10.00. The molecule has 1 aliphatic heterocycles. The molecule has 0 spiro atoms. The van der Waals surface area contributed by atoms with Gasteiger partial charge in [-0.2, -0.15) is 13.2 Å². The van der Waals surface area contributed by atoms with Crippen LogP contribution in [0.15, 0.2) is 24.5 Å². The Morgan fingerprint density at radius 2 is 1.84 bits per heavy atom. The predicted octanol–water partition coefficient (Wildman–Crippen LogP) is 3.76. The van der Waals surface area contributed by atoms with Crippen LogP contribution in [0.1, 0.15) is 49.2 Å². The molecule has 12 heteroatoms. The van der Waals surface area contributed by atoms with E-state index in [0.717, 1.165) is 17.8 Å². The molecule has 2 aromatic heterocycles. The number of aryl methyl sites for hydroxylation is 1. The minimum atomic E-state index is -4.41. The molecule has 0 aromatic carbocycles. The van der Waals surface area contributed by atoms with Gasteiger partial charge in [0.2, 0.25) is 5.88 Å². The van der Waals surface area contributed by atoms with Gasteiger partial charge in [0.15, 0.2) is 19.0 Å². The summed E-state index contributed by atoms with van der Waals surface area (Å²) in [5.74, 6) is 0.743. The minimum Gasteiger partial charge on any atom is -0.481 e. The van der Waals surface area contributed by atoms with Gasteiger partial charge in [0.05, 0.1) is 12.4 Å². The van der Waals surface area contributed by atoms with E-state index in [-0.39, 0.29) is 24.4 Å². The maximum absolute atomic E-state index is 15.5. The third-order valence-electron chi connectivity index (χ3n) is 7.04. The van der Waals surface area contributed by atoms with Crippen LogP contribution in [0, 0.1) is 6.92 Å². The van der Waals surface area contributed by atoms with Gasteiger partial charge in [0.25, 0.3) is 5.91 Å². The Kier molecular flexibility index (Phi) is 9.01. The minimum absolute atomic E-state index is 0.0307. The fraction of sp³-hybridized carbons (Fsp3) is 0.615. The molecule has 0 saturated heterocycles. The second-order valence-corrected chi connectivity index (χ2v) is 10.00. The van der Waals surface area contributed by atoms with Crippen LogP contribution >= 0.6 is 0 Å². The largest absolute Gasteiger partial charge is 0.481 e. The highest BCUT2D eigenvalue weighted by Crippen LogP contribution is 2.35. The first kappa shape index (κ1) is 28.0. The van der Waals surface area contributed by atoms with Crippen molar-refractivity contribution in [2.24, 2.45) is 0 Å². The summed E-state index contributed by atoms with van der Waals surface area (Å²) in [5, 5.41) is 2.92. The van der Waals surface area contributed by atoms with Crippen molar-refractivity contribution in [1.29, 1.82) is 0 Å². The van der Waals surface area contributed by atoms with Gasteiger partial charge in [-0.15, -0.1) is 0 Å². The predicted molar refractivity (Wildman–Crippen MR) is 131 cm³/mol. The molecule has 1 aliphatic carbocycles. The van der Waals surface area contributed by atoms with Crippen molar-refractivity contribution in [2.45, 2.75) is 69.8 Å². The summed E-state index contributed by atoms with van der Waals surface area (Å²) >= 11 is 0. The fourth-order valence-corrected chi connectivity index (χ4v) is 4.83. The van der Waals surface area contributed by atoms with E-state index < -0.39 is 18.5 Å². The summed E-state index contributed by atoms with van der Waals surface area (Å²) in [5.41, 5.74) is 0.432. The van der Waals surface area contributed by atoms with Crippen molar-refractivity contribution in [3.63, 3.8) is 0 Å². The molecule has 208 valence electrons. The van der Waals surface area contributed by atoms with Crippen molar-refractivity contribution < 1.29 is 31.8 Å². The SMILES string of the molecule is Cc1ncc(OCC(=O)NC2CCC(F)(CCN3CCc4ccc(OCC(F)(F)F)nc4CC3)CC2)cn1. The highest BCUT2D eigenvalue weighted by Gasteiger charge is 2.36. The van der Waals surface area contributed by atoms with Crippen LogP contribution in [0.4, 0.5) is 17.6 Å². The lowest BCUT2D eigenvalue weighted by Crippen LogP contribution is -2.44. The third kappa shape index (κ3) is 8.50. The molecule has 1 fully saturated rings. The molecule has 3 heterocycles. The number of amides is 1. The molecule has 1 amide bonds. The number of nitrogens with one attached hydrogen (secondary N) is 1. The van der Waals surface area contributed by atoms with Crippen molar-refractivity contribution in [1.82, 2.24) is 25.2 Å². The Bertz CT molecular complexity index is 1080. The zero-order valence-corrected chi connectivity index (χ0v) is 21.4. The van der Waals surface area contributed by atoms with E-state index in [4.69, 9.17) is 9.47 Å². The number of carbonyl (C=O) groups is 1. The molecular weight excluding hydrogens is 506 g/mol. The van der Waals surface area contributed by atoms with Crippen LogP contribution in [-0.2, 0) is 17.6 Å². The van der Waals surface area contributed by atoms with Gasteiger partial charge in [0, 0.05) is 43.9 Å². The third-order valence-corrected chi connectivity index (χ3v) is 7.04. The zero-order valence-electron chi connectivity index (χ0n) is 21.4. The molecule has 0 radical (unpaired) electrons. The molecule has 1 saturated carbocycles. The van der Waals surface area contributed by atoms with Gasteiger partial charge in [-0.05, 0) is 51.0 Å². The highest BCUT2D eigenvalue weighted by molar-refractivity contribution is 5.77. The summed E-state index contributed by atoms with van der Waals surface area (Å²) in [6, 6.07) is 3.15. The van der Waals surface area contributed by atoms with Crippen LogP contribution in [0.3, 0.4) is 0 Å². The van der Waals surface area contributed by atoms with E-state index in [1.54, 1.807) is 13.0 Å². The van der Waals surface area contributed by atoms with E-state index in [1.165, 1.54) is 18.5 Å². The Morgan fingerprint density at radius 1 is 1.13 bits per heavy atom. The average Bonchev–Trinajstić information content (AvgIpc) is 3.09. The first-order chi connectivity index (χ1) is 18.1. The number of pyridine rings is 1. The van der Waals surface area contributed by atoms with Crippen LogP contribution in [-0.4, -0.2) is 76.5 Å². The van der Waals surface area contributed by atoms with Gasteiger partial charge < -0.3 is 19.7 Å². The van der Waals surface area contributed by atoms with E-state index in [1.807, 2.05) is 0 Å². The topological polar surface area (TPSA) is 89.5 Å². The molecule has 0 bridgehead atoms. The van der Waals surface area contributed by atoms with E-state index in [9.17, 15) is 18.0 Å². The van der Waals surface area contributed by atoms with Crippen molar-refractivity contribution in [2.75, 3.05) is 32.8 Å². The highest BCUT2D eigenvalue weighted by atomic mass is 19.4. The summed E-state index contributed by atoms with van der Waals surface area (Å²) < 4.78 is 63.0. The maximum atomic E-state index is 15.5. The van der Waals surface area contributed by atoms with Gasteiger partial charge in [-0.3, -0.25) is 4.79 Å². The summed E-state index contributed by atoms with van der Waals surface area (Å²) in [6.07, 6.45) is 2.15. The van der Waals surface area contributed by atoms with Gasteiger partial charge >= 0.3 is 6.18 Å². The molecule has 0 atom stereocenters. The van der Waals surface area contributed by atoms with Crippen LogP contribution in [0.5, 0.6) is 11.6 Å². The Balaban J connectivity index is 1.17. The number of hydrogen-bond acceptors (Lipinski definition) is 7. The molecule has 2 aromatic rings. The first-order valence-corrected chi connectivity index (χ1v) is 12.9. The Labute approximate surface area is 219 Å². The average molecular weight is 540 g/mol. The van der Waals surface area contributed by atoms with Crippen LogP contribution < -0.4 is 14.8 Å². The van der Waals surface area contributed by atoms with Crippen molar-refractivity contribution >= 4 is 5.91 Å². The molecule has 4 rings (SSSR count). The van der Waals surface area contributed by atoms with E-state index in [0.29, 0.717) is 69.6 Å². The monoisotopic (exact) mass is 539 g/mol. The smallest absolute Gasteiger partial charge is 0.422 e. The summed E-state index contributed by atoms with van der Waals surface area (Å²) in [4.78, 5) is 26.7. The molecule has 2 aliphatic rings. The molecule has 0 unspecified atom stereocenters. The summed E-state index contributed by atoms with van der Waals surface area (Å²) in [6.45, 7) is 2.22. The lowest BCUT2D eigenvalue weighted by Gasteiger charge is -2.35. The normalized spacial score (nSPS) is 22.3. The fourth-order valence-electron chi connectivity index (χ4n) is 4.83. The number of nitrogens with zero attached hydrogens (tertiary/aromatic N) is 4. The number of alkyl halides is 4. The second kappa shape index (κ2) is 12.2. The number of rotatable bonds is 9. The van der Waals surface area contributed by atoms with Gasteiger partial charge in [-0.25, -0.2) is 19.3 Å².